The van der Waals surface area contributed by atoms with Gasteiger partial charge < -0.3 is 15.8 Å². The Balaban J connectivity index is 1.66. The van der Waals surface area contributed by atoms with E-state index in [0.717, 1.165) is 12.1 Å². The summed E-state index contributed by atoms with van der Waals surface area (Å²) in [5.41, 5.74) is 12.0. The van der Waals surface area contributed by atoms with Crippen molar-refractivity contribution in [3.8, 4) is 5.75 Å². The van der Waals surface area contributed by atoms with E-state index < -0.39 is 12.3 Å². The van der Waals surface area contributed by atoms with Crippen LogP contribution < -0.4 is 26.6 Å². The molecule has 0 fully saturated rings. The molecule has 2 aromatic carbocycles. The second-order valence-corrected chi connectivity index (χ2v) is 5.63. The number of nitrogen functional groups attached to an aromatic ring is 1. The van der Waals surface area contributed by atoms with Gasteiger partial charge in [-0.1, -0.05) is 18.2 Å². The molecule has 0 aliphatic heterocycles. The average molecular weight is 404 g/mol. The first-order valence-electron chi connectivity index (χ1n) is 8.16. The number of carbonyl (C=O) groups is 1. The van der Waals surface area contributed by atoms with Crippen LogP contribution in [0.15, 0.2) is 60.9 Å². The lowest BCUT2D eigenvalue weighted by atomic mass is 10.2. The number of alkyl halides is 3. The number of nitrogens with one attached hydrogen (secondary N) is 3. The highest BCUT2D eigenvalue weighted by Gasteiger charge is 2.30. The molecule has 0 bridgehead atoms. The number of nitrogens with two attached hydrogens (primary N) is 1. The standard InChI is InChI=1S/C18H15F3N6O2/c19-18(20,21)29-13-8-6-12(7-9-13)25-15-14(22)16(24-10-23-15)26-27-17(28)11-4-2-1-3-5-11/h1-10H,22H2,(H,27,28)(H2,23,24,25,26). The third-order valence-electron chi connectivity index (χ3n) is 3.56. The molecule has 8 nitrogen and oxygen atoms in total. The van der Waals surface area contributed by atoms with E-state index in [-0.39, 0.29) is 23.1 Å². The van der Waals surface area contributed by atoms with E-state index in [4.69, 9.17) is 5.73 Å². The highest BCUT2D eigenvalue weighted by molar-refractivity contribution is 5.95. The molecule has 0 radical (unpaired) electrons. The fraction of sp³-hybridized carbons (Fsp3) is 0.0556. The average Bonchev–Trinajstić information content (AvgIpc) is 2.69. The highest BCUT2D eigenvalue weighted by atomic mass is 19.4. The number of carbonyl (C=O) groups excluding carboxylic acids is 1. The van der Waals surface area contributed by atoms with Crippen molar-refractivity contribution in [3.05, 3.63) is 66.5 Å². The van der Waals surface area contributed by atoms with Crippen molar-refractivity contribution in [2.45, 2.75) is 6.36 Å². The van der Waals surface area contributed by atoms with Crippen LogP contribution in [-0.2, 0) is 0 Å². The summed E-state index contributed by atoms with van der Waals surface area (Å²) in [5.74, 6) is -0.409. The molecule has 3 rings (SSSR count). The minimum Gasteiger partial charge on any atom is -0.406 e. The molecule has 0 aliphatic rings. The monoisotopic (exact) mass is 404 g/mol. The fourth-order valence-corrected chi connectivity index (χ4v) is 2.25. The summed E-state index contributed by atoms with van der Waals surface area (Å²) in [6, 6.07) is 13.5. The summed E-state index contributed by atoms with van der Waals surface area (Å²) in [6.07, 6.45) is -3.56. The molecule has 0 atom stereocenters. The number of aromatic nitrogens is 2. The van der Waals surface area contributed by atoms with Gasteiger partial charge in [0.1, 0.15) is 17.8 Å². The SMILES string of the molecule is Nc1c(NNC(=O)c2ccccc2)ncnc1Nc1ccc(OC(F)(F)F)cc1. The molecular weight excluding hydrogens is 389 g/mol. The van der Waals surface area contributed by atoms with Crippen LogP contribution in [0.1, 0.15) is 10.4 Å². The van der Waals surface area contributed by atoms with Gasteiger partial charge in [0, 0.05) is 11.3 Å². The van der Waals surface area contributed by atoms with Gasteiger partial charge in [-0.15, -0.1) is 13.2 Å². The number of hydrogen-bond donors (Lipinski definition) is 4. The van der Waals surface area contributed by atoms with Crippen molar-refractivity contribution < 1.29 is 22.7 Å². The summed E-state index contributed by atoms with van der Waals surface area (Å²) in [4.78, 5) is 20.0. The molecule has 0 unspecified atom stereocenters. The maximum atomic E-state index is 12.2. The topological polar surface area (TPSA) is 114 Å². The summed E-state index contributed by atoms with van der Waals surface area (Å²) in [6.45, 7) is 0. The van der Waals surface area contributed by atoms with Crippen molar-refractivity contribution in [2.24, 2.45) is 0 Å². The molecule has 1 heterocycles. The number of anilines is 4. The molecule has 0 spiro atoms. The van der Waals surface area contributed by atoms with Crippen LogP contribution in [0.5, 0.6) is 5.75 Å². The van der Waals surface area contributed by atoms with Gasteiger partial charge in [0.15, 0.2) is 11.6 Å². The van der Waals surface area contributed by atoms with Gasteiger partial charge in [0.25, 0.3) is 5.91 Å². The minimum atomic E-state index is -4.77. The van der Waals surface area contributed by atoms with Gasteiger partial charge in [0.05, 0.1) is 0 Å². The Morgan fingerprint density at radius 3 is 2.28 bits per heavy atom. The van der Waals surface area contributed by atoms with Crippen LogP contribution in [0.25, 0.3) is 0 Å². The van der Waals surface area contributed by atoms with Gasteiger partial charge in [-0.25, -0.2) is 9.97 Å². The number of amides is 1. The normalized spacial score (nSPS) is 10.9. The maximum Gasteiger partial charge on any atom is 0.573 e. The summed E-state index contributed by atoms with van der Waals surface area (Å²) in [7, 11) is 0. The zero-order valence-corrected chi connectivity index (χ0v) is 14.7. The molecule has 11 heteroatoms. The first-order chi connectivity index (χ1) is 13.8. The number of hydrazine groups is 1. The largest absolute Gasteiger partial charge is 0.573 e. The third kappa shape index (κ3) is 5.48. The Morgan fingerprint density at radius 2 is 1.62 bits per heavy atom. The van der Waals surface area contributed by atoms with Crippen molar-refractivity contribution in [1.82, 2.24) is 15.4 Å². The number of benzene rings is 2. The first kappa shape index (κ1) is 19.7. The molecule has 150 valence electrons. The molecule has 29 heavy (non-hydrogen) atoms. The fourth-order valence-electron chi connectivity index (χ4n) is 2.25. The molecular formula is C18H15F3N6O2. The van der Waals surface area contributed by atoms with Crippen molar-refractivity contribution >= 4 is 28.9 Å². The summed E-state index contributed by atoms with van der Waals surface area (Å²) in [5, 5.41) is 2.86. The quantitative estimate of drug-likeness (QED) is 0.465. The van der Waals surface area contributed by atoms with Gasteiger partial charge >= 0.3 is 6.36 Å². The number of nitrogens with zero attached hydrogens (tertiary/aromatic N) is 2. The Morgan fingerprint density at radius 1 is 0.966 bits per heavy atom. The Labute approximate surface area is 162 Å². The predicted octanol–water partition coefficient (Wildman–Crippen LogP) is 3.46. The number of halogens is 3. The molecule has 3 aromatic rings. The van der Waals surface area contributed by atoms with Crippen molar-refractivity contribution in [3.63, 3.8) is 0 Å². The zero-order chi connectivity index (χ0) is 20.9. The predicted molar refractivity (Wildman–Crippen MR) is 100 cm³/mol. The van der Waals surface area contributed by atoms with E-state index in [1.54, 1.807) is 30.3 Å². The molecule has 5 N–H and O–H groups in total. The number of rotatable bonds is 6. The molecule has 1 aromatic heterocycles. The molecule has 1 amide bonds. The lowest BCUT2D eigenvalue weighted by molar-refractivity contribution is -0.274. The van der Waals surface area contributed by atoms with E-state index in [2.05, 4.69) is 30.9 Å². The highest BCUT2D eigenvalue weighted by Crippen LogP contribution is 2.28. The van der Waals surface area contributed by atoms with E-state index in [1.165, 1.54) is 18.5 Å². The maximum absolute atomic E-state index is 12.2. The zero-order valence-electron chi connectivity index (χ0n) is 14.7. The van der Waals surface area contributed by atoms with Gasteiger partial charge in [-0.2, -0.15) is 0 Å². The van der Waals surface area contributed by atoms with Crippen LogP contribution in [-0.4, -0.2) is 22.2 Å². The van der Waals surface area contributed by atoms with Crippen LogP contribution in [0.4, 0.5) is 36.2 Å². The second-order valence-electron chi connectivity index (χ2n) is 5.63. The Kier molecular flexibility index (Phi) is 5.67. The Bertz CT molecular complexity index is 981. The van der Waals surface area contributed by atoms with Crippen molar-refractivity contribution in [2.75, 3.05) is 16.5 Å². The lowest BCUT2D eigenvalue weighted by Gasteiger charge is -2.14. The summed E-state index contributed by atoms with van der Waals surface area (Å²) < 4.78 is 40.5. The van der Waals surface area contributed by atoms with Crippen molar-refractivity contribution in [1.29, 1.82) is 0 Å². The van der Waals surface area contributed by atoms with Crippen LogP contribution in [0, 0.1) is 0 Å². The third-order valence-corrected chi connectivity index (χ3v) is 3.56. The van der Waals surface area contributed by atoms with Gasteiger partial charge in [-0.3, -0.25) is 15.6 Å². The van der Waals surface area contributed by atoms with Gasteiger partial charge in [0.2, 0.25) is 0 Å². The van der Waals surface area contributed by atoms with E-state index in [1.807, 2.05) is 0 Å². The van der Waals surface area contributed by atoms with Gasteiger partial charge in [-0.05, 0) is 36.4 Å². The number of hydrogen-bond acceptors (Lipinski definition) is 7. The molecule has 0 saturated carbocycles. The van der Waals surface area contributed by atoms with Crippen LogP contribution in [0.2, 0.25) is 0 Å². The molecule has 0 aliphatic carbocycles. The van der Waals surface area contributed by atoms with E-state index in [9.17, 15) is 18.0 Å². The first-order valence-corrected chi connectivity index (χ1v) is 8.16. The lowest BCUT2D eigenvalue weighted by Crippen LogP contribution is -2.30. The van der Waals surface area contributed by atoms with Crippen LogP contribution in [0.3, 0.4) is 0 Å². The Hall–Kier alpha value is -4.02. The second kappa shape index (κ2) is 8.33. The van der Waals surface area contributed by atoms with E-state index in [0.29, 0.717) is 11.3 Å². The molecule has 0 saturated heterocycles. The van der Waals surface area contributed by atoms with E-state index >= 15 is 0 Å². The van der Waals surface area contributed by atoms with Crippen LogP contribution >= 0.6 is 0 Å². The minimum absolute atomic E-state index is 0.0940. The number of ether oxygens (including phenoxy) is 1. The summed E-state index contributed by atoms with van der Waals surface area (Å²) >= 11 is 0. The smallest absolute Gasteiger partial charge is 0.406 e.